The molecule has 0 aromatic heterocycles. The van der Waals surface area contributed by atoms with Gasteiger partial charge in [0.25, 0.3) is 0 Å². The molecule has 0 aromatic rings. The number of hydrogen-bond donors (Lipinski definition) is 0. The fourth-order valence-electron chi connectivity index (χ4n) is 1.66. The molecule has 0 amide bonds. The van der Waals surface area contributed by atoms with Crippen LogP contribution in [0.4, 0.5) is 0 Å². The minimum absolute atomic E-state index is 0.532. The standard InChI is InChI=1S/C14H30/c1-13(2,3)11-9-7-8-10-12-14(4,5)6/h7-12H2,1-6H3. The summed E-state index contributed by atoms with van der Waals surface area (Å²) in [6, 6.07) is 0. The first kappa shape index (κ1) is 14.0. The lowest BCUT2D eigenvalue weighted by Crippen LogP contribution is -2.05. The SMILES string of the molecule is CC(C)(C)CCCCCCC(C)(C)C. The first-order valence-electron chi connectivity index (χ1n) is 6.21. The second-order valence-electron chi connectivity index (χ2n) is 7.04. The molecule has 0 atom stereocenters. The number of hydrogen-bond acceptors (Lipinski definition) is 0. The molecule has 14 heavy (non-hydrogen) atoms. The zero-order valence-corrected chi connectivity index (χ0v) is 11.2. The van der Waals surface area contributed by atoms with E-state index in [0.717, 1.165) is 0 Å². The topological polar surface area (TPSA) is 0 Å². The molecule has 0 nitrogen and oxygen atoms in total. The first-order chi connectivity index (χ1) is 6.21. The second-order valence-corrected chi connectivity index (χ2v) is 7.04. The molecule has 86 valence electrons. The average Bonchev–Trinajstić information content (AvgIpc) is 1.92. The van der Waals surface area contributed by atoms with Gasteiger partial charge < -0.3 is 0 Å². The maximum atomic E-state index is 2.34. The predicted octanol–water partition coefficient (Wildman–Crippen LogP) is 5.42. The third-order valence-corrected chi connectivity index (χ3v) is 2.60. The summed E-state index contributed by atoms with van der Waals surface area (Å²) in [5.74, 6) is 0. The number of unbranched alkanes of at least 4 members (excludes halogenated alkanes) is 3. The van der Waals surface area contributed by atoms with E-state index in [1.54, 1.807) is 0 Å². The molecule has 0 bridgehead atoms. The Morgan fingerprint density at radius 2 is 0.786 bits per heavy atom. The lowest BCUT2D eigenvalue weighted by molar-refractivity contribution is 0.337. The van der Waals surface area contributed by atoms with Gasteiger partial charge in [0.05, 0.1) is 0 Å². The Labute approximate surface area is 91.5 Å². The highest BCUT2D eigenvalue weighted by atomic mass is 14.2. The van der Waals surface area contributed by atoms with Crippen molar-refractivity contribution in [1.29, 1.82) is 0 Å². The molecule has 0 unspecified atom stereocenters. The summed E-state index contributed by atoms with van der Waals surface area (Å²) >= 11 is 0. The quantitative estimate of drug-likeness (QED) is 0.517. The van der Waals surface area contributed by atoms with Crippen LogP contribution < -0.4 is 0 Å². The fourth-order valence-corrected chi connectivity index (χ4v) is 1.66. The van der Waals surface area contributed by atoms with Gasteiger partial charge in [-0.05, 0) is 23.7 Å². The van der Waals surface area contributed by atoms with Crippen LogP contribution in [0.25, 0.3) is 0 Å². The maximum Gasteiger partial charge on any atom is -0.0383 e. The van der Waals surface area contributed by atoms with Crippen LogP contribution in [0, 0.1) is 10.8 Å². The highest BCUT2D eigenvalue weighted by Gasteiger charge is 2.10. The molecule has 0 saturated heterocycles. The van der Waals surface area contributed by atoms with E-state index in [4.69, 9.17) is 0 Å². The zero-order chi connectivity index (χ0) is 11.2. The summed E-state index contributed by atoms with van der Waals surface area (Å²) in [5.41, 5.74) is 1.06. The van der Waals surface area contributed by atoms with Crippen molar-refractivity contribution < 1.29 is 0 Å². The highest BCUT2D eigenvalue weighted by molar-refractivity contribution is 4.63. The molecule has 0 heteroatoms. The highest BCUT2D eigenvalue weighted by Crippen LogP contribution is 2.25. The van der Waals surface area contributed by atoms with Gasteiger partial charge in [-0.25, -0.2) is 0 Å². The molecule has 0 rings (SSSR count). The summed E-state index contributed by atoms with van der Waals surface area (Å²) < 4.78 is 0. The van der Waals surface area contributed by atoms with Crippen molar-refractivity contribution in [3.8, 4) is 0 Å². The third-order valence-electron chi connectivity index (χ3n) is 2.60. The minimum atomic E-state index is 0.532. The molecule has 0 N–H and O–H groups in total. The summed E-state index contributed by atoms with van der Waals surface area (Å²) in [5, 5.41) is 0. The van der Waals surface area contributed by atoms with Crippen molar-refractivity contribution in [3.63, 3.8) is 0 Å². The lowest BCUT2D eigenvalue weighted by Gasteiger charge is -2.19. The Hall–Kier alpha value is 0. The Morgan fingerprint density at radius 3 is 1.00 bits per heavy atom. The fraction of sp³-hybridized carbons (Fsp3) is 1.00. The van der Waals surface area contributed by atoms with E-state index < -0.39 is 0 Å². The molecular formula is C14H30. The molecule has 0 aliphatic rings. The first-order valence-corrected chi connectivity index (χ1v) is 6.21. The molecule has 0 aliphatic carbocycles. The molecule has 0 aliphatic heterocycles. The molecular weight excluding hydrogens is 168 g/mol. The Morgan fingerprint density at radius 1 is 0.500 bits per heavy atom. The normalized spacial score (nSPS) is 13.3. The van der Waals surface area contributed by atoms with Crippen molar-refractivity contribution in [2.24, 2.45) is 10.8 Å². The van der Waals surface area contributed by atoms with Crippen molar-refractivity contribution >= 4 is 0 Å². The van der Waals surface area contributed by atoms with Gasteiger partial charge in [-0.15, -0.1) is 0 Å². The van der Waals surface area contributed by atoms with Crippen molar-refractivity contribution in [2.75, 3.05) is 0 Å². The van der Waals surface area contributed by atoms with Crippen LogP contribution in [0.15, 0.2) is 0 Å². The van der Waals surface area contributed by atoms with Crippen molar-refractivity contribution in [1.82, 2.24) is 0 Å². The van der Waals surface area contributed by atoms with Crippen LogP contribution in [0.1, 0.15) is 80.1 Å². The Kier molecular flexibility index (Phi) is 5.78. The van der Waals surface area contributed by atoms with Gasteiger partial charge in [0.1, 0.15) is 0 Å². The van der Waals surface area contributed by atoms with Gasteiger partial charge in [0.2, 0.25) is 0 Å². The smallest absolute Gasteiger partial charge is 0.0383 e. The van der Waals surface area contributed by atoms with Gasteiger partial charge in [-0.2, -0.15) is 0 Å². The summed E-state index contributed by atoms with van der Waals surface area (Å²) in [6.45, 7) is 14.0. The van der Waals surface area contributed by atoms with E-state index in [1.807, 2.05) is 0 Å². The van der Waals surface area contributed by atoms with Gasteiger partial charge >= 0.3 is 0 Å². The van der Waals surface area contributed by atoms with Crippen LogP contribution >= 0.6 is 0 Å². The second kappa shape index (κ2) is 5.78. The molecule has 0 fully saturated rings. The van der Waals surface area contributed by atoms with Crippen molar-refractivity contribution in [3.05, 3.63) is 0 Å². The summed E-state index contributed by atoms with van der Waals surface area (Å²) in [7, 11) is 0. The van der Waals surface area contributed by atoms with Gasteiger partial charge in [-0.3, -0.25) is 0 Å². The summed E-state index contributed by atoms with van der Waals surface area (Å²) in [4.78, 5) is 0. The van der Waals surface area contributed by atoms with Gasteiger partial charge in [-0.1, -0.05) is 67.2 Å². The van der Waals surface area contributed by atoms with E-state index >= 15 is 0 Å². The summed E-state index contributed by atoms with van der Waals surface area (Å²) in [6.07, 6.45) is 8.42. The van der Waals surface area contributed by atoms with Crippen LogP contribution in [0.3, 0.4) is 0 Å². The van der Waals surface area contributed by atoms with E-state index in [2.05, 4.69) is 41.5 Å². The Balaban J connectivity index is 3.23. The van der Waals surface area contributed by atoms with Crippen LogP contribution in [0.5, 0.6) is 0 Å². The predicted molar refractivity (Wildman–Crippen MR) is 66.6 cm³/mol. The van der Waals surface area contributed by atoms with Gasteiger partial charge in [0, 0.05) is 0 Å². The molecule has 0 radical (unpaired) electrons. The van der Waals surface area contributed by atoms with E-state index in [0.29, 0.717) is 10.8 Å². The maximum absolute atomic E-state index is 2.34. The number of rotatable bonds is 5. The van der Waals surface area contributed by atoms with Crippen LogP contribution in [0.2, 0.25) is 0 Å². The molecule has 0 saturated carbocycles. The average molecular weight is 198 g/mol. The zero-order valence-electron chi connectivity index (χ0n) is 11.2. The van der Waals surface area contributed by atoms with Crippen LogP contribution in [-0.4, -0.2) is 0 Å². The van der Waals surface area contributed by atoms with Crippen molar-refractivity contribution in [2.45, 2.75) is 80.1 Å². The largest absolute Gasteiger partial charge is 0.0602 e. The minimum Gasteiger partial charge on any atom is -0.0602 e. The van der Waals surface area contributed by atoms with E-state index in [9.17, 15) is 0 Å². The monoisotopic (exact) mass is 198 g/mol. The third kappa shape index (κ3) is 12.0. The van der Waals surface area contributed by atoms with Crippen LogP contribution in [-0.2, 0) is 0 Å². The molecule has 0 aromatic carbocycles. The molecule has 0 heterocycles. The molecule has 0 spiro atoms. The lowest BCUT2D eigenvalue weighted by atomic mass is 9.87. The van der Waals surface area contributed by atoms with E-state index in [-0.39, 0.29) is 0 Å². The Bertz CT molecular complexity index is 113. The van der Waals surface area contributed by atoms with E-state index in [1.165, 1.54) is 38.5 Å². The van der Waals surface area contributed by atoms with Gasteiger partial charge in [0.15, 0.2) is 0 Å².